The van der Waals surface area contributed by atoms with E-state index in [1.54, 1.807) is 10.7 Å². The van der Waals surface area contributed by atoms with Crippen LogP contribution < -0.4 is 0 Å². The number of hydrogen-bond acceptors (Lipinski definition) is 4. The van der Waals surface area contributed by atoms with E-state index >= 15 is 0 Å². The fraction of sp³-hybridized carbons (Fsp3) is 0.500. The van der Waals surface area contributed by atoms with E-state index in [-0.39, 0.29) is 0 Å². The molecule has 0 saturated heterocycles. The zero-order valence-corrected chi connectivity index (χ0v) is 8.51. The monoisotopic (exact) mass is 204 g/mol. The Bertz CT molecular complexity index is 515. The maximum atomic E-state index is 9.92. The standard InChI is InChI=1S/C10H12N4O/c1-2-8-12-9-11-5-7(6-14(9)13-8)10(15)3-4-10/h5-6,15H,2-4H2,1H3. The van der Waals surface area contributed by atoms with Crippen molar-refractivity contribution in [2.45, 2.75) is 31.8 Å². The molecule has 2 aromatic rings. The lowest BCUT2D eigenvalue weighted by Gasteiger charge is -2.05. The van der Waals surface area contributed by atoms with Crippen LogP contribution in [-0.2, 0) is 12.0 Å². The average Bonchev–Trinajstić information content (AvgIpc) is 2.86. The van der Waals surface area contributed by atoms with E-state index in [0.29, 0.717) is 5.78 Å². The summed E-state index contributed by atoms with van der Waals surface area (Å²) in [6.07, 6.45) is 5.94. The third kappa shape index (κ3) is 1.31. The second-order valence-corrected chi connectivity index (χ2v) is 4.00. The Balaban J connectivity index is 2.13. The molecule has 0 bridgehead atoms. The second kappa shape index (κ2) is 2.76. The molecule has 0 amide bonds. The molecule has 3 rings (SSSR count). The molecule has 0 radical (unpaired) electrons. The smallest absolute Gasteiger partial charge is 0.252 e. The summed E-state index contributed by atoms with van der Waals surface area (Å²) in [6.45, 7) is 2.00. The molecule has 0 unspecified atom stereocenters. The van der Waals surface area contributed by atoms with Crippen molar-refractivity contribution >= 4 is 5.78 Å². The van der Waals surface area contributed by atoms with Crippen LogP contribution in [0.3, 0.4) is 0 Å². The van der Waals surface area contributed by atoms with Crippen LogP contribution >= 0.6 is 0 Å². The molecule has 5 heteroatoms. The third-order valence-electron chi connectivity index (χ3n) is 2.81. The number of hydrogen-bond donors (Lipinski definition) is 1. The molecule has 78 valence electrons. The van der Waals surface area contributed by atoms with E-state index in [1.807, 2.05) is 13.1 Å². The Labute approximate surface area is 86.8 Å². The Morgan fingerprint density at radius 3 is 3.00 bits per heavy atom. The SMILES string of the molecule is CCc1nc2ncc(C3(O)CC3)cn2n1. The lowest BCUT2D eigenvalue weighted by atomic mass is 10.2. The number of nitrogens with zero attached hydrogens (tertiary/aromatic N) is 4. The first-order valence-electron chi connectivity index (χ1n) is 5.15. The number of aryl methyl sites for hydroxylation is 1. The van der Waals surface area contributed by atoms with Crippen LogP contribution in [0.1, 0.15) is 31.2 Å². The van der Waals surface area contributed by atoms with Crippen LogP contribution in [0, 0.1) is 0 Å². The number of fused-ring (bicyclic) bond motifs is 1. The van der Waals surface area contributed by atoms with Crippen molar-refractivity contribution in [1.29, 1.82) is 0 Å². The summed E-state index contributed by atoms with van der Waals surface area (Å²) in [6, 6.07) is 0. The highest BCUT2D eigenvalue weighted by Gasteiger charge is 2.42. The number of rotatable bonds is 2. The van der Waals surface area contributed by atoms with Crippen LogP contribution in [0.5, 0.6) is 0 Å². The first-order chi connectivity index (χ1) is 7.21. The topological polar surface area (TPSA) is 63.3 Å². The van der Waals surface area contributed by atoms with Gasteiger partial charge in [-0.3, -0.25) is 0 Å². The quantitative estimate of drug-likeness (QED) is 0.780. The lowest BCUT2D eigenvalue weighted by Crippen LogP contribution is -2.07. The maximum Gasteiger partial charge on any atom is 0.252 e. The fourth-order valence-electron chi connectivity index (χ4n) is 1.62. The van der Waals surface area contributed by atoms with Gasteiger partial charge in [0.1, 0.15) is 0 Å². The molecular formula is C10H12N4O. The summed E-state index contributed by atoms with van der Waals surface area (Å²) in [4.78, 5) is 8.42. The minimum atomic E-state index is -0.653. The van der Waals surface area contributed by atoms with Gasteiger partial charge in [-0.1, -0.05) is 6.92 Å². The van der Waals surface area contributed by atoms with Crippen LogP contribution in [0.4, 0.5) is 0 Å². The van der Waals surface area contributed by atoms with Gasteiger partial charge in [0.15, 0.2) is 5.82 Å². The third-order valence-corrected chi connectivity index (χ3v) is 2.81. The van der Waals surface area contributed by atoms with Gasteiger partial charge in [0.25, 0.3) is 5.78 Å². The molecule has 1 fully saturated rings. The Morgan fingerprint density at radius 2 is 2.33 bits per heavy atom. The van der Waals surface area contributed by atoms with Gasteiger partial charge in [0, 0.05) is 24.4 Å². The van der Waals surface area contributed by atoms with Crippen LogP contribution in [-0.4, -0.2) is 24.7 Å². The molecule has 1 aliphatic carbocycles. The minimum Gasteiger partial charge on any atom is -0.385 e. The zero-order valence-electron chi connectivity index (χ0n) is 8.51. The second-order valence-electron chi connectivity index (χ2n) is 4.00. The molecule has 1 N–H and O–H groups in total. The largest absolute Gasteiger partial charge is 0.385 e. The predicted octanol–water partition coefficient (Wildman–Crippen LogP) is 0.668. The van der Waals surface area contributed by atoms with Gasteiger partial charge < -0.3 is 5.11 Å². The molecule has 5 nitrogen and oxygen atoms in total. The molecule has 1 aliphatic rings. The highest BCUT2D eigenvalue weighted by molar-refractivity contribution is 5.31. The van der Waals surface area contributed by atoms with E-state index in [2.05, 4.69) is 15.1 Å². The van der Waals surface area contributed by atoms with Gasteiger partial charge in [-0.2, -0.15) is 4.98 Å². The first-order valence-corrected chi connectivity index (χ1v) is 5.15. The summed E-state index contributed by atoms with van der Waals surface area (Å²) < 4.78 is 1.64. The average molecular weight is 204 g/mol. The van der Waals surface area contributed by atoms with Crippen molar-refractivity contribution in [3.05, 3.63) is 23.8 Å². The molecule has 0 spiro atoms. The Morgan fingerprint density at radius 1 is 1.53 bits per heavy atom. The molecular weight excluding hydrogens is 192 g/mol. The summed E-state index contributed by atoms with van der Waals surface area (Å²) in [5.41, 5.74) is 0.182. The molecule has 2 aromatic heterocycles. The predicted molar refractivity (Wildman–Crippen MR) is 53.3 cm³/mol. The zero-order chi connectivity index (χ0) is 10.5. The van der Waals surface area contributed by atoms with Gasteiger partial charge in [-0.05, 0) is 12.8 Å². The molecule has 0 atom stereocenters. The van der Waals surface area contributed by atoms with Crippen molar-refractivity contribution in [3.8, 4) is 0 Å². The Kier molecular flexibility index (Phi) is 1.62. The van der Waals surface area contributed by atoms with E-state index in [0.717, 1.165) is 30.7 Å². The molecule has 2 heterocycles. The molecule has 1 saturated carbocycles. The fourth-order valence-corrected chi connectivity index (χ4v) is 1.62. The van der Waals surface area contributed by atoms with E-state index in [9.17, 15) is 5.11 Å². The van der Waals surface area contributed by atoms with Gasteiger partial charge in [-0.25, -0.2) is 9.50 Å². The maximum absolute atomic E-state index is 9.92. The number of aliphatic hydroxyl groups is 1. The van der Waals surface area contributed by atoms with E-state index in [1.165, 1.54) is 0 Å². The van der Waals surface area contributed by atoms with Crippen LogP contribution in [0.25, 0.3) is 5.78 Å². The minimum absolute atomic E-state index is 0.597. The summed E-state index contributed by atoms with van der Waals surface area (Å²) in [5.74, 6) is 1.38. The summed E-state index contributed by atoms with van der Waals surface area (Å²) in [5, 5.41) is 14.2. The van der Waals surface area contributed by atoms with E-state index < -0.39 is 5.60 Å². The van der Waals surface area contributed by atoms with Crippen molar-refractivity contribution in [3.63, 3.8) is 0 Å². The molecule has 0 aliphatic heterocycles. The summed E-state index contributed by atoms with van der Waals surface area (Å²) in [7, 11) is 0. The summed E-state index contributed by atoms with van der Waals surface area (Å²) >= 11 is 0. The van der Waals surface area contributed by atoms with Crippen molar-refractivity contribution in [2.24, 2.45) is 0 Å². The van der Waals surface area contributed by atoms with Crippen LogP contribution in [0.2, 0.25) is 0 Å². The van der Waals surface area contributed by atoms with Gasteiger partial charge >= 0.3 is 0 Å². The van der Waals surface area contributed by atoms with Crippen molar-refractivity contribution < 1.29 is 5.11 Å². The Hall–Kier alpha value is -1.49. The first kappa shape index (κ1) is 8.79. The highest BCUT2D eigenvalue weighted by Crippen LogP contribution is 2.44. The van der Waals surface area contributed by atoms with Gasteiger partial charge in [0.2, 0.25) is 0 Å². The molecule has 15 heavy (non-hydrogen) atoms. The van der Waals surface area contributed by atoms with Crippen molar-refractivity contribution in [2.75, 3.05) is 0 Å². The highest BCUT2D eigenvalue weighted by atomic mass is 16.3. The normalized spacial score (nSPS) is 18.3. The van der Waals surface area contributed by atoms with Crippen LogP contribution in [0.15, 0.2) is 12.4 Å². The lowest BCUT2D eigenvalue weighted by molar-refractivity contribution is 0.150. The van der Waals surface area contributed by atoms with E-state index in [4.69, 9.17) is 0 Å². The van der Waals surface area contributed by atoms with Crippen molar-refractivity contribution in [1.82, 2.24) is 19.6 Å². The van der Waals surface area contributed by atoms with Gasteiger partial charge in [0.05, 0.1) is 5.60 Å². The number of aromatic nitrogens is 4. The van der Waals surface area contributed by atoms with Gasteiger partial charge in [-0.15, -0.1) is 5.10 Å². The molecule has 0 aromatic carbocycles.